The van der Waals surface area contributed by atoms with Crippen LogP contribution in [0.3, 0.4) is 0 Å². The first-order valence-corrected chi connectivity index (χ1v) is 6.44. The highest BCUT2D eigenvalue weighted by atomic mass is 79.9. The van der Waals surface area contributed by atoms with Gasteiger partial charge in [-0.05, 0) is 45.8 Å². The Balaban J connectivity index is 2.11. The van der Waals surface area contributed by atoms with Crippen LogP contribution < -0.4 is 10.1 Å². The lowest BCUT2D eigenvalue weighted by atomic mass is 10.2. The van der Waals surface area contributed by atoms with E-state index in [9.17, 15) is 4.39 Å². The summed E-state index contributed by atoms with van der Waals surface area (Å²) in [5, 5.41) is 12.3. The highest BCUT2D eigenvalue weighted by Gasteiger charge is 2.04. The van der Waals surface area contributed by atoms with E-state index in [4.69, 9.17) is 9.84 Å². The topological polar surface area (TPSA) is 41.5 Å². The maximum absolute atomic E-state index is 13.2. The Labute approximate surface area is 119 Å². The molecule has 0 spiro atoms. The van der Waals surface area contributed by atoms with Gasteiger partial charge in [-0.2, -0.15) is 0 Å². The van der Waals surface area contributed by atoms with Crippen LogP contribution >= 0.6 is 15.9 Å². The number of aromatic hydroxyl groups is 1. The fraction of sp³-hybridized carbons (Fsp3) is 0.143. The summed E-state index contributed by atoms with van der Waals surface area (Å²) in [7, 11) is 1.60. The van der Waals surface area contributed by atoms with Gasteiger partial charge in [-0.15, -0.1) is 0 Å². The molecule has 0 aliphatic carbocycles. The molecular formula is C14H13BrFNO2. The van der Waals surface area contributed by atoms with Gasteiger partial charge >= 0.3 is 0 Å². The van der Waals surface area contributed by atoms with Gasteiger partial charge in [0.05, 0.1) is 12.8 Å². The molecule has 19 heavy (non-hydrogen) atoms. The normalized spacial score (nSPS) is 10.3. The van der Waals surface area contributed by atoms with Gasteiger partial charge in [0.2, 0.25) is 0 Å². The average Bonchev–Trinajstić information content (AvgIpc) is 2.41. The van der Waals surface area contributed by atoms with Crippen molar-refractivity contribution in [2.24, 2.45) is 0 Å². The Kier molecular flexibility index (Phi) is 4.27. The maximum atomic E-state index is 13.2. The Hall–Kier alpha value is -1.75. The monoisotopic (exact) mass is 325 g/mol. The predicted octanol–water partition coefficient (Wildman–Crippen LogP) is 3.91. The molecule has 3 nitrogen and oxygen atoms in total. The van der Waals surface area contributed by atoms with Crippen molar-refractivity contribution in [1.82, 2.24) is 0 Å². The first kappa shape index (κ1) is 13.7. The van der Waals surface area contributed by atoms with Gasteiger partial charge in [-0.25, -0.2) is 4.39 Å². The van der Waals surface area contributed by atoms with Gasteiger partial charge < -0.3 is 15.2 Å². The third-order valence-corrected chi connectivity index (χ3v) is 3.36. The first-order chi connectivity index (χ1) is 9.10. The van der Waals surface area contributed by atoms with Gasteiger partial charge in [0.1, 0.15) is 5.75 Å². The van der Waals surface area contributed by atoms with E-state index in [0.717, 1.165) is 21.5 Å². The van der Waals surface area contributed by atoms with Crippen LogP contribution in [0.4, 0.5) is 10.1 Å². The Bertz CT molecular complexity index is 590. The molecule has 0 atom stereocenters. The van der Waals surface area contributed by atoms with Gasteiger partial charge in [-0.1, -0.05) is 6.07 Å². The summed E-state index contributed by atoms with van der Waals surface area (Å²) < 4.78 is 19.2. The second-order valence-corrected chi connectivity index (χ2v) is 4.84. The fourth-order valence-electron chi connectivity index (χ4n) is 1.62. The molecule has 2 rings (SSSR count). The number of phenols is 1. The summed E-state index contributed by atoms with van der Waals surface area (Å²) in [6.07, 6.45) is 0. The summed E-state index contributed by atoms with van der Waals surface area (Å²) in [6, 6.07) is 9.87. The number of nitrogens with one attached hydrogen (secondary N) is 1. The Morgan fingerprint density at radius 2 is 2.05 bits per heavy atom. The highest BCUT2D eigenvalue weighted by Crippen LogP contribution is 2.27. The molecule has 0 aliphatic rings. The number of hydrogen-bond donors (Lipinski definition) is 2. The van der Waals surface area contributed by atoms with Crippen molar-refractivity contribution in [3.8, 4) is 11.5 Å². The zero-order chi connectivity index (χ0) is 13.8. The lowest BCUT2D eigenvalue weighted by Crippen LogP contribution is -2.01. The van der Waals surface area contributed by atoms with Crippen LogP contribution in [0.25, 0.3) is 0 Å². The number of phenolic OH excluding ortho intramolecular Hbond substituents is 1. The van der Waals surface area contributed by atoms with Crippen LogP contribution in [-0.2, 0) is 6.54 Å². The molecule has 2 aromatic carbocycles. The molecule has 5 heteroatoms. The molecule has 2 N–H and O–H groups in total. The van der Waals surface area contributed by atoms with Crippen molar-refractivity contribution in [2.75, 3.05) is 12.4 Å². The zero-order valence-electron chi connectivity index (χ0n) is 10.3. The molecule has 0 saturated carbocycles. The molecule has 0 amide bonds. The van der Waals surface area contributed by atoms with Gasteiger partial charge in [-0.3, -0.25) is 0 Å². The third kappa shape index (κ3) is 3.38. The Morgan fingerprint density at radius 1 is 1.26 bits per heavy atom. The molecule has 0 aliphatic heterocycles. The summed E-state index contributed by atoms with van der Waals surface area (Å²) in [5.41, 5.74) is 1.60. The second kappa shape index (κ2) is 5.93. The fourth-order valence-corrected chi connectivity index (χ4v) is 2.01. The molecular weight excluding hydrogens is 313 g/mol. The predicted molar refractivity (Wildman–Crippen MR) is 76.1 cm³/mol. The number of hydrogen-bond acceptors (Lipinski definition) is 3. The molecule has 100 valence electrons. The summed E-state index contributed by atoms with van der Waals surface area (Å²) >= 11 is 3.43. The second-order valence-electron chi connectivity index (χ2n) is 3.99. The lowest BCUT2D eigenvalue weighted by molar-refractivity contribution is 0.415. The van der Waals surface area contributed by atoms with E-state index in [1.54, 1.807) is 13.2 Å². The van der Waals surface area contributed by atoms with Crippen molar-refractivity contribution in [2.45, 2.75) is 6.54 Å². The number of rotatable bonds is 4. The van der Waals surface area contributed by atoms with Crippen molar-refractivity contribution < 1.29 is 14.2 Å². The zero-order valence-corrected chi connectivity index (χ0v) is 11.9. The molecule has 0 bridgehead atoms. The minimum Gasteiger partial charge on any atom is -0.505 e. The van der Waals surface area contributed by atoms with E-state index in [2.05, 4.69) is 21.2 Å². The van der Waals surface area contributed by atoms with Crippen LogP contribution in [0, 0.1) is 5.82 Å². The number of anilines is 1. The molecule has 0 aromatic heterocycles. The van der Waals surface area contributed by atoms with Crippen LogP contribution in [0.2, 0.25) is 0 Å². The van der Waals surface area contributed by atoms with E-state index in [1.807, 2.05) is 18.2 Å². The smallest absolute Gasteiger partial charge is 0.165 e. The average molecular weight is 326 g/mol. The molecule has 0 unspecified atom stereocenters. The highest BCUT2D eigenvalue weighted by molar-refractivity contribution is 9.10. The van der Waals surface area contributed by atoms with Crippen molar-refractivity contribution in [3.63, 3.8) is 0 Å². The van der Waals surface area contributed by atoms with Crippen molar-refractivity contribution in [3.05, 3.63) is 52.3 Å². The number of benzene rings is 2. The van der Waals surface area contributed by atoms with Crippen LogP contribution in [0.5, 0.6) is 11.5 Å². The van der Waals surface area contributed by atoms with E-state index < -0.39 is 5.82 Å². The van der Waals surface area contributed by atoms with Crippen LogP contribution in [0.15, 0.2) is 40.9 Å². The third-order valence-electron chi connectivity index (χ3n) is 2.67. The van der Waals surface area contributed by atoms with E-state index in [1.165, 1.54) is 12.1 Å². The largest absolute Gasteiger partial charge is 0.505 e. The van der Waals surface area contributed by atoms with E-state index in [-0.39, 0.29) is 5.75 Å². The summed E-state index contributed by atoms with van der Waals surface area (Å²) in [6.45, 7) is 0.447. The molecule has 0 saturated heterocycles. The molecule has 0 fully saturated rings. The SMILES string of the molecule is COc1ccc(Br)c(NCc2ccc(O)c(F)c2)c1. The summed E-state index contributed by atoms with van der Waals surface area (Å²) in [5.74, 6) is -0.224. The maximum Gasteiger partial charge on any atom is 0.165 e. The molecule has 0 heterocycles. The first-order valence-electron chi connectivity index (χ1n) is 5.65. The van der Waals surface area contributed by atoms with E-state index in [0.29, 0.717) is 6.54 Å². The van der Waals surface area contributed by atoms with Crippen molar-refractivity contribution in [1.29, 1.82) is 0 Å². The summed E-state index contributed by atoms with van der Waals surface area (Å²) in [4.78, 5) is 0. The number of methoxy groups -OCH3 is 1. The van der Waals surface area contributed by atoms with Gasteiger partial charge in [0, 0.05) is 17.1 Å². The number of ether oxygens (including phenoxy) is 1. The van der Waals surface area contributed by atoms with Crippen LogP contribution in [0.1, 0.15) is 5.56 Å². The van der Waals surface area contributed by atoms with Gasteiger partial charge in [0.15, 0.2) is 11.6 Å². The minimum atomic E-state index is -0.621. The van der Waals surface area contributed by atoms with Crippen molar-refractivity contribution >= 4 is 21.6 Å². The van der Waals surface area contributed by atoms with E-state index >= 15 is 0 Å². The minimum absolute atomic E-state index is 0.341. The standard InChI is InChI=1S/C14H13BrFNO2/c1-19-10-3-4-11(15)13(7-10)17-8-9-2-5-14(18)12(16)6-9/h2-7,17-18H,8H2,1H3. The lowest BCUT2D eigenvalue weighted by Gasteiger charge is -2.10. The quantitative estimate of drug-likeness (QED) is 0.895. The van der Waals surface area contributed by atoms with Gasteiger partial charge in [0.25, 0.3) is 0 Å². The Morgan fingerprint density at radius 3 is 2.74 bits per heavy atom. The van der Waals surface area contributed by atoms with Crippen LogP contribution in [-0.4, -0.2) is 12.2 Å². The molecule has 2 aromatic rings. The molecule has 0 radical (unpaired) electrons. The number of halogens is 2.